The zero-order chi connectivity index (χ0) is 18.5. The van der Waals surface area contributed by atoms with E-state index in [4.69, 9.17) is 4.74 Å². The number of benzene rings is 1. The summed E-state index contributed by atoms with van der Waals surface area (Å²) >= 11 is 0. The van der Waals surface area contributed by atoms with E-state index in [1.807, 2.05) is 25.1 Å². The van der Waals surface area contributed by atoms with Crippen molar-refractivity contribution in [2.24, 2.45) is 0 Å². The highest BCUT2D eigenvalue weighted by Crippen LogP contribution is 2.34. The number of nitrogens with one attached hydrogen (secondary N) is 1. The van der Waals surface area contributed by atoms with Crippen LogP contribution in [0, 0.1) is 6.92 Å². The van der Waals surface area contributed by atoms with E-state index in [2.05, 4.69) is 11.4 Å². The van der Waals surface area contributed by atoms with Gasteiger partial charge in [-0.1, -0.05) is 12.1 Å². The standard InChI is InChI=1S/C22H24N2O3/c1-13-10-11-24(18-7-3-5-14-4-2-6-16(14)18)22(26)20(13)21(25)23-17-12-15-8-9-19(17)27-15/h3,5,7,10-11,15,17,19H,2,4,6,8-9,12H2,1H3,(H,23,25)/t15-,17+,19+/m0/s1. The molecular formula is C22H24N2O3. The van der Waals surface area contributed by atoms with Crippen LogP contribution >= 0.6 is 0 Å². The maximum Gasteiger partial charge on any atom is 0.268 e. The number of hydrogen-bond acceptors (Lipinski definition) is 3. The van der Waals surface area contributed by atoms with Crippen molar-refractivity contribution in [1.82, 2.24) is 9.88 Å². The largest absolute Gasteiger partial charge is 0.373 e. The Labute approximate surface area is 158 Å². The molecule has 1 aliphatic carbocycles. The summed E-state index contributed by atoms with van der Waals surface area (Å²) < 4.78 is 7.47. The zero-order valence-electron chi connectivity index (χ0n) is 15.5. The fourth-order valence-corrected chi connectivity index (χ4v) is 4.95. The topological polar surface area (TPSA) is 60.3 Å². The molecule has 3 atom stereocenters. The van der Waals surface area contributed by atoms with E-state index in [-0.39, 0.29) is 35.3 Å². The second-order valence-electron chi connectivity index (χ2n) is 8.01. The molecule has 140 valence electrons. The van der Waals surface area contributed by atoms with Crippen molar-refractivity contribution >= 4 is 5.91 Å². The van der Waals surface area contributed by atoms with Gasteiger partial charge in [0.05, 0.1) is 23.9 Å². The molecule has 1 amide bonds. The number of rotatable bonds is 3. The number of hydrogen-bond donors (Lipinski definition) is 1. The lowest BCUT2D eigenvalue weighted by atomic mass is 9.95. The number of aromatic nitrogens is 1. The van der Waals surface area contributed by atoms with Crippen LogP contribution in [0.1, 0.15) is 52.7 Å². The molecule has 2 aromatic rings. The molecule has 2 fully saturated rings. The van der Waals surface area contributed by atoms with E-state index in [0.717, 1.165) is 44.2 Å². The van der Waals surface area contributed by atoms with Gasteiger partial charge in [0.2, 0.25) is 0 Å². The minimum absolute atomic E-state index is 0.0182. The van der Waals surface area contributed by atoms with E-state index in [0.29, 0.717) is 5.56 Å². The molecule has 1 N–H and O–H groups in total. The Balaban J connectivity index is 1.51. The summed E-state index contributed by atoms with van der Waals surface area (Å²) in [6.07, 6.45) is 8.23. The minimum Gasteiger partial charge on any atom is -0.373 e. The number of carbonyl (C=O) groups is 1. The molecule has 3 aliphatic rings. The van der Waals surface area contributed by atoms with Gasteiger partial charge in [-0.2, -0.15) is 0 Å². The summed E-state index contributed by atoms with van der Waals surface area (Å²) in [6.45, 7) is 1.83. The molecule has 1 aromatic carbocycles. The van der Waals surface area contributed by atoms with E-state index in [9.17, 15) is 9.59 Å². The summed E-state index contributed by atoms with van der Waals surface area (Å²) in [5, 5.41) is 3.06. The Hall–Kier alpha value is -2.40. The summed E-state index contributed by atoms with van der Waals surface area (Å²) in [5.74, 6) is -0.277. The second kappa shape index (κ2) is 6.34. The van der Waals surface area contributed by atoms with Crippen LogP contribution < -0.4 is 10.9 Å². The third-order valence-corrected chi connectivity index (χ3v) is 6.33. The summed E-state index contributed by atoms with van der Waals surface area (Å²) in [6, 6.07) is 7.99. The first-order chi connectivity index (χ1) is 13.1. The predicted molar refractivity (Wildman–Crippen MR) is 103 cm³/mol. The molecule has 2 bridgehead atoms. The molecule has 5 heteroatoms. The van der Waals surface area contributed by atoms with Crippen molar-refractivity contribution in [2.75, 3.05) is 0 Å². The van der Waals surface area contributed by atoms with Gasteiger partial charge in [-0.15, -0.1) is 0 Å². The van der Waals surface area contributed by atoms with Gasteiger partial charge < -0.3 is 10.1 Å². The van der Waals surface area contributed by atoms with Gasteiger partial charge in [-0.3, -0.25) is 14.2 Å². The molecule has 2 aliphatic heterocycles. The molecule has 5 rings (SSSR count). The van der Waals surface area contributed by atoms with Crippen LogP contribution in [0.5, 0.6) is 0 Å². The Morgan fingerprint density at radius 2 is 2.11 bits per heavy atom. The lowest BCUT2D eigenvalue weighted by Crippen LogP contribution is -2.44. The van der Waals surface area contributed by atoms with Crippen molar-refractivity contribution in [2.45, 2.75) is 63.7 Å². The monoisotopic (exact) mass is 364 g/mol. The molecule has 0 saturated carbocycles. The van der Waals surface area contributed by atoms with Crippen LogP contribution in [0.4, 0.5) is 0 Å². The van der Waals surface area contributed by atoms with Crippen LogP contribution in [0.2, 0.25) is 0 Å². The first-order valence-electron chi connectivity index (χ1n) is 9.91. The fourth-order valence-electron chi connectivity index (χ4n) is 4.95. The first-order valence-corrected chi connectivity index (χ1v) is 9.91. The second-order valence-corrected chi connectivity index (χ2v) is 8.01. The highest BCUT2D eigenvalue weighted by Gasteiger charge is 2.41. The normalized spacial score (nSPS) is 25.6. The highest BCUT2D eigenvalue weighted by atomic mass is 16.5. The number of pyridine rings is 1. The Kier molecular flexibility index (Phi) is 3.93. The fraction of sp³-hybridized carbons (Fsp3) is 0.455. The highest BCUT2D eigenvalue weighted by molar-refractivity contribution is 5.95. The summed E-state index contributed by atoms with van der Waals surface area (Å²) in [5.41, 5.74) is 4.17. The summed E-state index contributed by atoms with van der Waals surface area (Å²) in [4.78, 5) is 26.2. The van der Waals surface area contributed by atoms with Gasteiger partial charge in [-0.25, -0.2) is 0 Å². The van der Waals surface area contributed by atoms with Gasteiger partial charge in [0.1, 0.15) is 5.56 Å². The lowest BCUT2D eigenvalue weighted by molar-refractivity contribution is 0.0839. The van der Waals surface area contributed by atoms with Gasteiger partial charge in [-0.05, 0) is 74.3 Å². The third-order valence-electron chi connectivity index (χ3n) is 6.33. The maximum absolute atomic E-state index is 13.2. The van der Waals surface area contributed by atoms with Crippen molar-refractivity contribution in [3.05, 3.63) is 63.1 Å². The smallest absolute Gasteiger partial charge is 0.268 e. The number of amides is 1. The summed E-state index contributed by atoms with van der Waals surface area (Å²) in [7, 11) is 0. The Morgan fingerprint density at radius 3 is 2.89 bits per heavy atom. The molecule has 2 saturated heterocycles. The van der Waals surface area contributed by atoms with Crippen LogP contribution in [0.3, 0.4) is 0 Å². The maximum atomic E-state index is 13.2. The van der Waals surface area contributed by atoms with Gasteiger partial charge in [0.15, 0.2) is 0 Å². The van der Waals surface area contributed by atoms with Gasteiger partial charge in [0, 0.05) is 6.20 Å². The van der Waals surface area contributed by atoms with E-state index in [1.54, 1.807) is 10.8 Å². The number of fused-ring (bicyclic) bond motifs is 3. The van der Waals surface area contributed by atoms with Crippen LogP contribution in [-0.2, 0) is 17.6 Å². The average molecular weight is 364 g/mol. The minimum atomic E-state index is -0.277. The number of aryl methyl sites for hydroxylation is 2. The number of nitrogens with zero attached hydrogens (tertiary/aromatic N) is 1. The van der Waals surface area contributed by atoms with Crippen molar-refractivity contribution in [3.63, 3.8) is 0 Å². The zero-order valence-corrected chi connectivity index (χ0v) is 15.5. The molecule has 1 aromatic heterocycles. The van der Waals surface area contributed by atoms with Crippen molar-refractivity contribution in [3.8, 4) is 5.69 Å². The SMILES string of the molecule is Cc1ccn(-c2cccc3c2CCC3)c(=O)c1C(=O)N[C@@H]1C[C@@H]2CC[C@H]1O2. The lowest BCUT2D eigenvalue weighted by Gasteiger charge is -2.21. The van der Waals surface area contributed by atoms with Gasteiger partial charge >= 0.3 is 0 Å². The van der Waals surface area contributed by atoms with Crippen LogP contribution in [0.15, 0.2) is 35.3 Å². The predicted octanol–water partition coefficient (Wildman–Crippen LogP) is 2.68. The molecular weight excluding hydrogens is 340 g/mol. The number of ether oxygens (including phenoxy) is 1. The number of carbonyl (C=O) groups excluding carboxylic acids is 1. The van der Waals surface area contributed by atoms with E-state index < -0.39 is 0 Å². The molecule has 0 unspecified atom stereocenters. The Morgan fingerprint density at radius 1 is 1.22 bits per heavy atom. The average Bonchev–Trinajstić information content (AvgIpc) is 3.38. The molecule has 3 heterocycles. The molecule has 0 radical (unpaired) electrons. The Bertz CT molecular complexity index is 978. The van der Waals surface area contributed by atoms with Gasteiger partial charge in [0.25, 0.3) is 11.5 Å². The van der Waals surface area contributed by atoms with Crippen LogP contribution in [-0.4, -0.2) is 28.7 Å². The quantitative estimate of drug-likeness (QED) is 0.911. The molecule has 27 heavy (non-hydrogen) atoms. The van der Waals surface area contributed by atoms with Crippen LogP contribution in [0.25, 0.3) is 5.69 Å². The van der Waals surface area contributed by atoms with E-state index >= 15 is 0 Å². The third kappa shape index (κ3) is 2.72. The molecule has 5 nitrogen and oxygen atoms in total. The van der Waals surface area contributed by atoms with Crippen molar-refractivity contribution < 1.29 is 9.53 Å². The first kappa shape index (κ1) is 16.8. The van der Waals surface area contributed by atoms with Crippen molar-refractivity contribution in [1.29, 1.82) is 0 Å². The molecule has 0 spiro atoms. The van der Waals surface area contributed by atoms with E-state index in [1.165, 1.54) is 11.1 Å².